The van der Waals surface area contributed by atoms with Gasteiger partial charge in [-0.25, -0.2) is 4.68 Å². The van der Waals surface area contributed by atoms with Crippen molar-refractivity contribution in [3.05, 3.63) is 81.7 Å². The van der Waals surface area contributed by atoms with Crippen molar-refractivity contribution in [2.75, 3.05) is 19.6 Å². The normalized spacial score (nSPS) is 10.7. The molecule has 9 heteroatoms. The summed E-state index contributed by atoms with van der Waals surface area (Å²) in [6.07, 6.45) is 0.699. The van der Waals surface area contributed by atoms with Gasteiger partial charge in [0, 0.05) is 31.8 Å². The van der Waals surface area contributed by atoms with E-state index in [0.717, 1.165) is 5.56 Å². The fourth-order valence-electron chi connectivity index (χ4n) is 3.04. The molecule has 2 aromatic carbocycles. The Hall–Kier alpha value is -3.59. The Morgan fingerprint density at radius 3 is 2.62 bits per heavy atom. The van der Waals surface area contributed by atoms with Crippen molar-refractivity contribution in [3.63, 3.8) is 0 Å². The van der Waals surface area contributed by atoms with Crippen LogP contribution in [0, 0.1) is 17.0 Å². The van der Waals surface area contributed by atoms with Crippen LogP contribution in [0.1, 0.15) is 21.7 Å². The molecule has 2 N–H and O–H groups in total. The summed E-state index contributed by atoms with van der Waals surface area (Å²) in [6, 6.07) is 15.9. The fraction of sp³-hybridized carbons (Fsp3) is 0.250. The number of nitro groups is 1. The number of aromatic nitrogens is 3. The van der Waals surface area contributed by atoms with Gasteiger partial charge in [0.15, 0.2) is 5.69 Å². The van der Waals surface area contributed by atoms with Crippen molar-refractivity contribution < 1.29 is 9.72 Å². The number of nitrogens with two attached hydrogens (primary N) is 1. The van der Waals surface area contributed by atoms with E-state index in [4.69, 9.17) is 5.73 Å². The highest BCUT2D eigenvalue weighted by molar-refractivity contribution is 5.93. The molecule has 0 aliphatic carbocycles. The lowest BCUT2D eigenvalue weighted by atomic mass is 10.1. The van der Waals surface area contributed by atoms with Crippen LogP contribution in [0.4, 0.5) is 5.69 Å². The zero-order valence-corrected chi connectivity index (χ0v) is 16.1. The Labute approximate surface area is 167 Å². The van der Waals surface area contributed by atoms with Gasteiger partial charge in [-0.2, -0.15) is 0 Å². The molecule has 0 saturated carbocycles. The second kappa shape index (κ2) is 9.07. The topological polar surface area (TPSA) is 120 Å². The van der Waals surface area contributed by atoms with E-state index in [-0.39, 0.29) is 17.3 Å². The summed E-state index contributed by atoms with van der Waals surface area (Å²) in [5.41, 5.74) is 7.95. The number of nitro benzene ring substituents is 1. The van der Waals surface area contributed by atoms with Gasteiger partial charge in [0.2, 0.25) is 0 Å². The third-order valence-electron chi connectivity index (χ3n) is 4.58. The largest absolute Gasteiger partial charge is 0.336 e. The average Bonchev–Trinajstić information content (AvgIpc) is 3.12. The van der Waals surface area contributed by atoms with Crippen molar-refractivity contribution in [2.45, 2.75) is 13.3 Å². The van der Waals surface area contributed by atoms with Gasteiger partial charge in [-0.15, -0.1) is 5.10 Å². The number of carbonyl (C=O) groups excluding carboxylic acids is 1. The molecule has 29 heavy (non-hydrogen) atoms. The SMILES string of the molecule is Cc1c(C(=O)N(CCN)CCc2ccccc2)nnn1-c1cccc([N+](=O)[O-])c1. The van der Waals surface area contributed by atoms with Gasteiger partial charge in [0.25, 0.3) is 11.6 Å². The van der Waals surface area contributed by atoms with Gasteiger partial charge in [-0.05, 0) is 25.0 Å². The lowest BCUT2D eigenvalue weighted by Crippen LogP contribution is -2.37. The summed E-state index contributed by atoms with van der Waals surface area (Å²) < 4.78 is 1.43. The van der Waals surface area contributed by atoms with Crippen LogP contribution in [0.5, 0.6) is 0 Å². The van der Waals surface area contributed by atoms with Crippen molar-refractivity contribution in [2.24, 2.45) is 5.73 Å². The average molecular weight is 394 g/mol. The minimum atomic E-state index is -0.478. The van der Waals surface area contributed by atoms with Crippen molar-refractivity contribution in [1.29, 1.82) is 0 Å². The first-order chi connectivity index (χ1) is 14.0. The molecule has 0 aliphatic heterocycles. The maximum atomic E-state index is 13.0. The van der Waals surface area contributed by atoms with Crippen LogP contribution in [0.3, 0.4) is 0 Å². The molecule has 0 unspecified atom stereocenters. The van der Waals surface area contributed by atoms with Crippen molar-refractivity contribution in [3.8, 4) is 5.69 Å². The Kier molecular flexibility index (Phi) is 6.30. The van der Waals surface area contributed by atoms with E-state index in [9.17, 15) is 14.9 Å². The second-order valence-electron chi connectivity index (χ2n) is 6.53. The summed E-state index contributed by atoms with van der Waals surface area (Å²) in [4.78, 5) is 25.2. The van der Waals surface area contributed by atoms with E-state index in [2.05, 4.69) is 10.3 Å². The molecule has 1 heterocycles. The molecule has 0 aliphatic rings. The van der Waals surface area contributed by atoms with Crippen molar-refractivity contribution >= 4 is 11.6 Å². The fourth-order valence-corrected chi connectivity index (χ4v) is 3.04. The molecule has 0 atom stereocenters. The zero-order chi connectivity index (χ0) is 20.8. The molecule has 0 spiro atoms. The second-order valence-corrected chi connectivity index (χ2v) is 6.53. The number of amides is 1. The highest BCUT2D eigenvalue weighted by Gasteiger charge is 2.23. The van der Waals surface area contributed by atoms with E-state index < -0.39 is 4.92 Å². The summed E-state index contributed by atoms with van der Waals surface area (Å²) >= 11 is 0. The molecule has 0 bridgehead atoms. The molecule has 0 fully saturated rings. The monoisotopic (exact) mass is 394 g/mol. The predicted molar refractivity (Wildman–Crippen MR) is 108 cm³/mol. The molecular weight excluding hydrogens is 372 g/mol. The number of rotatable bonds is 8. The molecule has 0 saturated heterocycles. The van der Waals surface area contributed by atoms with Crippen LogP contribution in [0.2, 0.25) is 0 Å². The minimum Gasteiger partial charge on any atom is -0.336 e. The highest BCUT2D eigenvalue weighted by Crippen LogP contribution is 2.19. The Morgan fingerprint density at radius 1 is 1.17 bits per heavy atom. The van der Waals surface area contributed by atoms with Crippen LogP contribution in [0.15, 0.2) is 54.6 Å². The smallest absolute Gasteiger partial charge is 0.276 e. The Morgan fingerprint density at radius 2 is 1.93 bits per heavy atom. The van der Waals surface area contributed by atoms with Gasteiger partial charge < -0.3 is 10.6 Å². The number of hydrogen-bond acceptors (Lipinski definition) is 6. The third-order valence-corrected chi connectivity index (χ3v) is 4.58. The molecular formula is C20H22N6O3. The molecule has 1 amide bonds. The van der Waals surface area contributed by atoms with Crippen LogP contribution < -0.4 is 5.73 Å². The quantitative estimate of drug-likeness (QED) is 0.461. The standard InChI is InChI=1S/C20H22N6O3/c1-15-19(22-23-25(15)17-8-5-9-18(14-17)26(28)29)20(27)24(13-11-21)12-10-16-6-3-2-4-7-16/h2-9,14H,10-13,21H2,1H3. The lowest BCUT2D eigenvalue weighted by Gasteiger charge is -2.21. The lowest BCUT2D eigenvalue weighted by molar-refractivity contribution is -0.384. The van der Waals surface area contributed by atoms with Gasteiger partial charge >= 0.3 is 0 Å². The third kappa shape index (κ3) is 4.64. The van der Waals surface area contributed by atoms with Crippen LogP contribution >= 0.6 is 0 Å². The van der Waals surface area contributed by atoms with Gasteiger partial charge in [-0.3, -0.25) is 14.9 Å². The summed E-state index contributed by atoms with van der Waals surface area (Å²) in [7, 11) is 0. The highest BCUT2D eigenvalue weighted by atomic mass is 16.6. The first-order valence-corrected chi connectivity index (χ1v) is 9.21. The van der Waals surface area contributed by atoms with E-state index in [1.807, 2.05) is 30.3 Å². The van der Waals surface area contributed by atoms with Gasteiger partial charge in [0.1, 0.15) is 0 Å². The number of benzene rings is 2. The summed E-state index contributed by atoms with van der Waals surface area (Å²) in [5, 5.41) is 19.1. The van der Waals surface area contributed by atoms with E-state index in [1.54, 1.807) is 24.0 Å². The first-order valence-electron chi connectivity index (χ1n) is 9.21. The van der Waals surface area contributed by atoms with E-state index >= 15 is 0 Å². The van der Waals surface area contributed by atoms with E-state index in [1.165, 1.54) is 16.8 Å². The summed E-state index contributed by atoms with van der Waals surface area (Å²) in [6.45, 7) is 2.94. The minimum absolute atomic E-state index is 0.0575. The van der Waals surface area contributed by atoms with E-state index in [0.29, 0.717) is 37.4 Å². The first kappa shape index (κ1) is 20.2. The maximum Gasteiger partial charge on any atom is 0.276 e. The number of nitrogens with zero attached hydrogens (tertiary/aromatic N) is 5. The Balaban J connectivity index is 1.82. The molecule has 9 nitrogen and oxygen atoms in total. The van der Waals surface area contributed by atoms with Crippen LogP contribution in [0.25, 0.3) is 5.69 Å². The number of carbonyl (C=O) groups is 1. The molecule has 1 aromatic heterocycles. The zero-order valence-electron chi connectivity index (χ0n) is 16.1. The maximum absolute atomic E-state index is 13.0. The molecule has 0 radical (unpaired) electrons. The van der Waals surface area contributed by atoms with Crippen LogP contribution in [-0.4, -0.2) is 50.4 Å². The summed E-state index contributed by atoms with van der Waals surface area (Å²) in [5.74, 6) is -0.263. The Bertz CT molecular complexity index is 1000. The van der Waals surface area contributed by atoms with Gasteiger partial charge in [-0.1, -0.05) is 41.6 Å². The van der Waals surface area contributed by atoms with Crippen LogP contribution in [-0.2, 0) is 6.42 Å². The molecule has 3 aromatic rings. The predicted octanol–water partition coefficient (Wildman–Crippen LogP) is 2.13. The van der Waals surface area contributed by atoms with Crippen molar-refractivity contribution in [1.82, 2.24) is 19.9 Å². The van der Waals surface area contributed by atoms with Gasteiger partial charge in [0.05, 0.1) is 16.3 Å². The molecule has 3 rings (SSSR count). The molecule has 150 valence electrons. The number of non-ortho nitro benzene ring substituents is 1. The number of hydrogen-bond donors (Lipinski definition) is 1.